The van der Waals surface area contributed by atoms with Gasteiger partial charge in [-0.3, -0.25) is 14.9 Å². The van der Waals surface area contributed by atoms with Gasteiger partial charge < -0.3 is 19.2 Å². The maximum absolute atomic E-state index is 12.5. The van der Waals surface area contributed by atoms with Gasteiger partial charge in [-0.15, -0.1) is 0 Å². The van der Waals surface area contributed by atoms with Gasteiger partial charge in [0.15, 0.2) is 5.76 Å². The van der Waals surface area contributed by atoms with Crippen LogP contribution in [-0.2, 0) is 6.61 Å². The number of nitro groups is 1. The summed E-state index contributed by atoms with van der Waals surface area (Å²) in [5.74, 6) is 1.36. The lowest BCUT2D eigenvalue weighted by atomic mass is 10.0. The summed E-state index contributed by atoms with van der Waals surface area (Å²) in [5, 5.41) is 13.5. The maximum atomic E-state index is 12.5. The van der Waals surface area contributed by atoms with Crippen molar-refractivity contribution in [2.45, 2.75) is 33.3 Å². The summed E-state index contributed by atoms with van der Waals surface area (Å²) >= 11 is 0. The van der Waals surface area contributed by atoms with Crippen molar-refractivity contribution in [2.24, 2.45) is 0 Å². The van der Waals surface area contributed by atoms with Gasteiger partial charge in [0.25, 0.3) is 11.6 Å². The summed E-state index contributed by atoms with van der Waals surface area (Å²) < 4.78 is 16.7. The van der Waals surface area contributed by atoms with E-state index in [4.69, 9.17) is 13.9 Å². The van der Waals surface area contributed by atoms with Crippen LogP contribution in [0.25, 0.3) is 0 Å². The van der Waals surface area contributed by atoms with Gasteiger partial charge in [-0.05, 0) is 48.2 Å². The molecule has 0 spiro atoms. The second-order valence-corrected chi connectivity index (χ2v) is 7.35. The number of aryl methyl sites for hydroxylation is 1. The van der Waals surface area contributed by atoms with Crippen LogP contribution in [0.15, 0.2) is 52.9 Å². The molecule has 1 heterocycles. The molecule has 162 valence electrons. The predicted octanol–water partition coefficient (Wildman–Crippen LogP) is 5.46. The molecular weight excluding hydrogens is 400 g/mol. The number of rotatable bonds is 8. The van der Waals surface area contributed by atoms with Crippen molar-refractivity contribution in [1.29, 1.82) is 0 Å². The predicted molar refractivity (Wildman–Crippen MR) is 116 cm³/mol. The molecule has 0 unspecified atom stereocenters. The van der Waals surface area contributed by atoms with E-state index in [2.05, 4.69) is 19.2 Å². The van der Waals surface area contributed by atoms with Crippen LogP contribution in [0.3, 0.4) is 0 Å². The van der Waals surface area contributed by atoms with E-state index in [0.29, 0.717) is 17.4 Å². The number of hydrogen-bond donors (Lipinski definition) is 1. The maximum Gasteiger partial charge on any atom is 0.291 e. The Hall–Kier alpha value is -3.81. The third-order valence-corrected chi connectivity index (χ3v) is 4.69. The van der Waals surface area contributed by atoms with Crippen LogP contribution in [0.1, 0.15) is 47.2 Å². The van der Waals surface area contributed by atoms with E-state index >= 15 is 0 Å². The van der Waals surface area contributed by atoms with Gasteiger partial charge in [-0.1, -0.05) is 26.0 Å². The number of methoxy groups -OCH3 is 1. The van der Waals surface area contributed by atoms with Gasteiger partial charge in [0.1, 0.15) is 23.9 Å². The molecule has 3 aromatic rings. The summed E-state index contributed by atoms with van der Waals surface area (Å²) in [6.45, 7) is 6.37. The summed E-state index contributed by atoms with van der Waals surface area (Å²) in [7, 11) is 1.37. The molecular formula is C23H24N2O6. The quantitative estimate of drug-likeness (QED) is 0.380. The van der Waals surface area contributed by atoms with E-state index in [1.807, 2.05) is 25.1 Å². The molecule has 1 N–H and O–H groups in total. The van der Waals surface area contributed by atoms with Gasteiger partial charge in [0.2, 0.25) is 0 Å². The average Bonchev–Trinajstić information content (AvgIpc) is 3.21. The minimum atomic E-state index is -0.536. The molecule has 1 aromatic heterocycles. The molecule has 0 atom stereocenters. The van der Waals surface area contributed by atoms with Crippen molar-refractivity contribution in [2.75, 3.05) is 12.4 Å². The van der Waals surface area contributed by atoms with Crippen molar-refractivity contribution in [3.8, 4) is 11.5 Å². The molecule has 0 bridgehead atoms. The number of furan rings is 1. The zero-order valence-corrected chi connectivity index (χ0v) is 17.8. The molecule has 8 heteroatoms. The molecule has 31 heavy (non-hydrogen) atoms. The van der Waals surface area contributed by atoms with Gasteiger partial charge in [0, 0.05) is 6.07 Å². The van der Waals surface area contributed by atoms with Crippen molar-refractivity contribution >= 4 is 17.3 Å². The normalized spacial score (nSPS) is 10.7. The fraction of sp³-hybridized carbons (Fsp3) is 0.261. The number of hydrogen-bond acceptors (Lipinski definition) is 6. The first-order valence-corrected chi connectivity index (χ1v) is 9.74. The second-order valence-electron chi connectivity index (χ2n) is 7.35. The van der Waals surface area contributed by atoms with Crippen LogP contribution < -0.4 is 14.8 Å². The molecule has 0 saturated heterocycles. The number of amides is 1. The average molecular weight is 424 g/mol. The SMILES string of the molecule is COc1cc([N+](=O)[O-])ccc1NC(=O)c1ccc(COc2cc(C)ccc2C(C)C)o1. The highest BCUT2D eigenvalue weighted by Gasteiger charge is 2.17. The fourth-order valence-corrected chi connectivity index (χ4v) is 3.05. The lowest BCUT2D eigenvalue weighted by Crippen LogP contribution is -2.12. The standard InChI is InChI=1S/C23H24N2O6/c1-14(2)18-8-5-15(3)11-21(18)30-13-17-7-10-20(31-17)23(26)24-19-9-6-16(25(27)28)12-22(19)29-4/h5-12,14H,13H2,1-4H3,(H,24,26). The number of carbonyl (C=O) groups excluding carboxylic acids is 1. The number of benzene rings is 2. The molecule has 2 aromatic carbocycles. The topological polar surface area (TPSA) is 104 Å². The fourth-order valence-electron chi connectivity index (χ4n) is 3.05. The Morgan fingerprint density at radius 3 is 2.58 bits per heavy atom. The van der Waals surface area contributed by atoms with Crippen LogP contribution in [0.5, 0.6) is 11.5 Å². The van der Waals surface area contributed by atoms with Gasteiger partial charge >= 0.3 is 0 Å². The number of nitrogens with one attached hydrogen (secondary N) is 1. The largest absolute Gasteiger partial charge is 0.494 e. The first-order chi connectivity index (χ1) is 14.8. The Morgan fingerprint density at radius 1 is 1.13 bits per heavy atom. The monoisotopic (exact) mass is 424 g/mol. The Morgan fingerprint density at radius 2 is 1.90 bits per heavy atom. The second kappa shape index (κ2) is 9.34. The molecule has 0 aliphatic heterocycles. The first-order valence-electron chi connectivity index (χ1n) is 9.74. The van der Waals surface area contributed by atoms with E-state index < -0.39 is 10.8 Å². The highest BCUT2D eigenvalue weighted by Crippen LogP contribution is 2.30. The highest BCUT2D eigenvalue weighted by molar-refractivity contribution is 6.03. The zero-order chi connectivity index (χ0) is 22.5. The molecule has 1 amide bonds. The Kier molecular flexibility index (Phi) is 6.59. The van der Waals surface area contributed by atoms with Crippen molar-refractivity contribution in [3.05, 3.63) is 81.3 Å². The van der Waals surface area contributed by atoms with Crippen LogP contribution >= 0.6 is 0 Å². The molecule has 0 saturated carbocycles. The minimum absolute atomic E-state index is 0.0901. The first kappa shape index (κ1) is 21.9. The summed E-state index contributed by atoms with van der Waals surface area (Å²) in [6, 6.07) is 13.2. The van der Waals surface area contributed by atoms with E-state index in [1.165, 1.54) is 25.3 Å². The molecule has 0 aliphatic carbocycles. The third-order valence-electron chi connectivity index (χ3n) is 4.69. The lowest BCUT2D eigenvalue weighted by Gasteiger charge is -2.14. The van der Waals surface area contributed by atoms with Crippen LogP contribution in [0, 0.1) is 17.0 Å². The molecule has 0 radical (unpaired) electrons. The van der Waals surface area contributed by atoms with Gasteiger partial charge in [-0.2, -0.15) is 0 Å². The Balaban J connectivity index is 1.69. The Bertz CT molecular complexity index is 1100. The van der Waals surface area contributed by atoms with Crippen molar-refractivity contribution in [1.82, 2.24) is 0 Å². The lowest BCUT2D eigenvalue weighted by molar-refractivity contribution is -0.384. The number of nitro benzene ring substituents is 1. The molecule has 3 rings (SSSR count). The zero-order valence-electron chi connectivity index (χ0n) is 17.8. The molecule has 0 fully saturated rings. The minimum Gasteiger partial charge on any atom is -0.494 e. The van der Waals surface area contributed by atoms with Crippen molar-refractivity contribution in [3.63, 3.8) is 0 Å². The van der Waals surface area contributed by atoms with Crippen LogP contribution in [0.2, 0.25) is 0 Å². The van der Waals surface area contributed by atoms with E-state index in [9.17, 15) is 14.9 Å². The van der Waals surface area contributed by atoms with E-state index in [1.54, 1.807) is 12.1 Å². The van der Waals surface area contributed by atoms with Gasteiger partial charge in [-0.25, -0.2) is 0 Å². The number of anilines is 1. The summed E-state index contributed by atoms with van der Waals surface area (Å²) in [4.78, 5) is 22.9. The summed E-state index contributed by atoms with van der Waals surface area (Å²) in [6.07, 6.45) is 0. The van der Waals surface area contributed by atoms with E-state index in [-0.39, 0.29) is 23.8 Å². The number of carbonyl (C=O) groups is 1. The van der Waals surface area contributed by atoms with Crippen LogP contribution in [-0.4, -0.2) is 17.9 Å². The summed E-state index contributed by atoms with van der Waals surface area (Å²) in [5.41, 5.74) is 2.36. The number of nitrogens with zero attached hydrogens (tertiary/aromatic N) is 1. The molecule has 0 aliphatic rings. The number of ether oxygens (including phenoxy) is 2. The molecule has 8 nitrogen and oxygen atoms in total. The Labute approximate surface area is 179 Å². The van der Waals surface area contributed by atoms with Crippen LogP contribution in [0.4, 0.5) is 11.4 Å². The highest BCUT2D eigenvalue weighted by atomic mass is 16.6. The van der Waals surface area contributed by atoms with E-state index in [0.717, 1.165) is 16.9 Å². The van der Waals surface area contributed by atoms with Gasteiger partial charge in [0.05, 0.1) is 23.8 Å². The third kappa shape index (κ3) is 5.22. The smallest absolute Gasteiger partial charge is 0.291 e. The number of non-ortho nitro benzene ring substituents is 1. The van der Waals surface area contributed by atoms with Crippen molar-refractivity contribution < 1.29 is 23.6 Å².